The van der Waals surface area contributed by atoms with Gasteiger partial charge in [0.2, 0.25) is 5.90 Å². The van der Waals surface area contributed by atoms with E-state index in [-0.39, 0.29) is 17.3 Å². The van der Waals surface area contributed by atoms with Crippen molar-refractivity contribution in [3.63, 3.8) is 0 Å². The molecule has 0 aromatic heterocycles. The lowest BCUT2D eigenvalue weighted by Crippen LogP contribution is -2.09. The van der Waals surface area contributed by atoms with Crippen LogP contribution in [0.1, 0.15) is 21.5 Å². The Morgan fingerprint density at radius 3 is 2.45 bits per heavy atom. The van der Waals surface area contributed by atoms with Crippen LogP contribution in [0.15, 0.2) is 83.5 Å². The molecule has 0 bridgehead atoms. The van der Waals surface area contributed by atoms with E-state index in [9.17, 15) is 9.59 Å². The number of carbonyl (C=O) groups excluding carboxylic acids is 2. The van der Waals surface area contributed by atoms with Gasteiger partial charge in [-0.15, -0.1) is 0 Å². The number of methoxy groups -OCH3 is 1. The first-order valence-electron chi connectivity index (χ1n) is 9.27. The second-order valence-electron chi connectivity index (χ2n) is 6.51. The number of rotatable bonds is 5. The van der Waals surface area contributed by atoms with Crippen LogP contribution in [0.4, 0.5) is 0 Å². The van der Waals surface area contributed by atoms with Gasteiger partial charge in [0.15, 0.2) is 17.2 Å². The second-order valence-corrected chi connectivity index (χ2v) is 6.95. The number of aliphatic imine (C=N–C) groups is 1. The Balaban J connectivity index is 1.56. The van der Waals surface area contributed by atoms with Gasteiger partial charge < -0.3 is 14.2 Å². The van der Waals surface area contributed by atoms with Gasteiger partial charge in [0.05, 0.1) is 12.7 Å². The molecule has 0 saturated heterocycles. The summed E-state index contributed by atoms with van der Waals surface area (Å²) in [4.78, 5) is 28.8. The molecular formula is C24H16ClNO5. The van der Waals surface area contributed by atoms with Crippen LogP contribution in [-0.4, -0.2) is 24.9 Å². The van der Waals surface area contributed by atoms with Crippen LogP contribution in [0.2, 0.25) is 5.02 Å². The van der Waals surface area contributed by atoms with Crippen LogP contribution in [0.5, 0.6) is 11.5 Å². The first-order chi connectivity index (χ1) is 15.0. The molecule has 1 heterocycles. The van der Waals surface area contributed by atoms with Crippen LogP contribution in [0.25, 0.3) is 6.08 Å². The molecule has 0 unspecified atom stereocenters. The molecular weight excluding hydrogens is 418 g/mol. The fourth-order valence-corrected chi connectivity index (χ4v) is 3.00. The highest BCUT2D eigenvalue weighted by Gasteiger charge is 2.24. The smallest absolute Gasteiger partial charge is 0.363 e. The number of esters is 2. The van der Waals surface area contributed by atoms with Gasteiger partial charge in [0, 0.05) is 10.6 Å². The molecule has 0 radical (unpaired) electrons. The zero-order valence-electron chi connectivity index (χ0n) is 16.4. The van der Waals surface area contributed by atoms with E-state index < -0.39 is 11.9 Å². The molecule has 0 N–H and O–H groups in total. The summed E-state index contributed by atoms with van der Waals surface area (Å²) in [6.45, 7) is 0. The van der Waals surface area contributed by atoms with Crippen molar-refractivity contribution in [2.24, 2.45) is 4.99 Å². The molecule has 0 fully saturated rings. The molecule has 0 amide bonds. The number of cyclic esters (lactones) is 1. The second kappa shape index (κ2) is 8.85. The van der Waals surface area contributed by atoms with E-state index in [2.05, 4.69) is 4.99 Å². The Morgan fingerprint density at radius 2 is 1.74 bits per heavy atom. The van der Waals surface area contributed by atoms with Crippen molar-refractivity contribution in [2.75, 3.05) is 7.11 Å². The molecule has 31 heavy (non-hydrogen) atoms. The van der Waals surface area contributed by atoms with Gasteiger partial charge in [-0.05, 0) is 60.2 Å². The Hall–Kier alpha value is -3.90. The lowest BCUT2D eigenvalue weighted by atomic mass is 10.1. The topological polar surface area (TPSA) is 74.2 Å². The molecule has 1 aliphatic rings. The molecule has 3 aromatic rings. The summed E-state index contributed by atoms with van der Waals surface area (Å²) >= 11 is 5.85. The molecule has 4 rings (SSSR count). The highest BCUT2D eigenvalue weighted by atomic mass is 35.5. The number of hydrogen-bond donors (Lipinski definition) is 0. The van der Waals surface area contributed by atoms with Crippen molar-refractivity contribution >= 4 is 35.5 Å². The zero-order chi connectivity index (χ0) is 21.8. The van der Waals surface area contributed by atoms with E-state index in [0.717, 1.165) is 0 Å². The fraction of sp³-hybridized carbons (Fsp3) is 0.0417. The van der Waals surface area contributed by atoms with Crippen LogP contribution in [-0.2, 0) is 9.53 Å². The average molecular weight is 434 g/mol. The lowest BCUT2D eigenvalue weighted by molar-refractivity contribution is -0.129. The van der Waals surface area contributed by atoms with Crippen molar-refractivity contribution in [3.05, 3.63) is 100 Å². The molecule has 1 aliphatic heterocycles. The predicted octanol–water partition coefficient (Wildman–Crippen LogP) is 4.91. The van der Waals surface area contributed by atoms with Crippen LogP contribution < -0.4 is 9.47 Å². The van der Waals surface area contributed by atoms with E-state index in [1.165, 1.54) is 7.11 Å². The van der Waals surface area contributed by atoms with Gasteiger partial charge in [-0.3, -0.25) is 0 Å². The maximum atomic E-state index is 12.4. The number of halogens is 1. The summed E-state index contributed by atoms with van der Waals surface area (Å²) in [5.41, 5.74) is 1.86. The Labute approximate surface area is 183 Å². The maximum Gasteiger partial charge on any atom is 0.363 e. The van der Waals surface area contributed by atoms with Crippen LogP contribution in [0.3, 0.4) is 0 Å². The predicted molar refractivity (Wildman–Crippen MR) is 116 cm³/mol. The fourth-order valence-electron chi connectivity index (χ4n) is 2.87. The SMILES string of the molecule is COc1cc(/C=C2/N=C(c3ccccc3)OC2=O)ccc1OC(=O)c1ccc(Cl)cc1. The normalized spacial score (nSPS) is 14.2. The Bertz CT molecular complexity index is 1200. The maximum absolute atomic E-state index is 12.4. The number of carbonyl (C=O) groups is 2. The van der Waals surface area contributed by atoms with Crippen LogP contribution >= 0.6 is 11.6 Å². The Kier molecular flexibility index (Phi) is 5.82. The first-order valence-corrected chi connectivity index (χ1v) is 9.65. The minimum absolute atomic E-state index is 0.159. The van der Waals surface area contributed by atoms with Gasteiger partial charge in [0.25, 0.3) is 0 Å². The minimum Gasteiger partial charge on any atom is -0.493 e. The van der Waals surface area contributed by atoms with E-state index >= 15 is 0 Å². The van der Waals surface area contributed by atoms with Crippen molar-refractivity contribution in [2.45, 2.75) is 0 Å². The van der Waals surface area contributed by atoms with Crippen LogP contribution in [0, 0.1) is 0 Å². The number of nitrogens with zero attached hydrogens (tertiary/aromatic N) is 1. The number of benzene rings is 3. The summed E-state index contributed by atoms with van der Waals surface area (Å²) in [6.07, 6.45) is 1.57. The third-order valence-corrected chi connectivity index (χ3v) is 4.67. The largest absolute Gasteiger partial charge is 0.493 e. The number of ether oxygens (including phenoxy) is 3. The monoisotopic (exact) mass is 433 g/mol. The third kappa shape index (κ3) is 4.65. The summed E-state index contributed by atoms with van der Waals surface area (Å²) in [7, 11) is 1.46. The first kappa shape index (κ1) is 20.4. The molecule has 3 aromatic carbocycles. The lowest BCUT2D eigenvalue weighted by Gasteiger charge is -2.10. The third-order valence-electron chi connectivity index (χ3n) is 4.41. The Morgan fingerprint density at radius 1 is 1.00 bits per heavy atom. The summed E-state index contributed by atoms with van der Waals surface area (Å²) in [5, 5.41) is 0.523. The van der Waals surface area contributed by atoms with E-state index in [1.807, 2.05) is 30.3 Å². The molecule has 0 aliphatic carbocycles. The molecule has 0 saturated carbocycles. The quantitative estimate of drug-likeness (QED) is 0.324. The number of hydrogen-bond acceptors (Lipinski definition) is 6. The van der Waals surface area contributed by atoms with Crippen molar-refractivity contribution in [1.82, 2.24) is 0 Å². The highest BCUT2D eigenvalue weighted by Crippen LogP contribution is 2.30. The van der Waals surface area contributed by atoms with Gasteiger partial charge >= 0.3 is 11.9 Å². The van der Waals surface area contributed by atoms with E-state index in [0.29, 0.717) is 27.5 Å². The molecule has 0 spiro atoms. The zero-order valence-corrected chi connectivity index (χ0v) is 17.1. The van der Waals surface area contributed by atoms with Gasteiger partial charge in [-0.1, -0.05) is 35.9 Å². The highest BCUT2D eigenvalue weighted by molar-refractivity contribution is 6.30. The van der Waals surface area contributed by atoms with E-state index in [4.69, 9.17) is 25.8 Å². The van der Waals surface area contributed by atoms with E-state index in [1.54, 1.807) is 48.5 Å². The molecule has 6 nitrogen and oxygen atoms in total. The summed E-state index contributed by atoms with van der Waals surface area (Å²) in [6, 6.07) is 20.4. The van der Waals surface area contributed by atoms with Crippen molar-refractivity contribution < 1.29 is 23.8 Å². The van der Waals surface area contributed by atoms with Crippen molar-refractivity contribution in [1.29, 1.82) is 0 Å². The molecule has 7 heteroatoms. The van der Waals surface area contributed by atoms with Gasteiger partial charge in [-0.2, -0.15) is 0 Å². The minimum atomic E-state index is -0.545. The average Bonchev–Trinajstić information content (AvgIpc) is 3.16. The molecule has 0 atom stereocenters. The van der Waals surface area contributed by atoms with Crippen molar-refractivity contribution in [3.8, 4) is 11.5 Å². The summed E-state index contributed by atoms with van der Waals surface area (Å²) < 4.78 is 16.0. The van der Waals surface area contributed by atoms with Gasteiger partial charge in [0.1, 0.15) is 0 Å². The standard InChI is InChI=1S/C24H16ClNO5/c1-29-21-14-15(7-12-20(21)30-23(27)17-8-10-18(25)11-9-17)13-19-24(28)31-22(26-19)16-5-3-2-4-6-16/h2-14H,1H3/b19-13+. The molecule has 154 valence electrons. The van der Waals surface area contributed by atoms with Gasteiger partial charge in [-0.25, -0.2) is 14.6 Å². The summed E-state index contributed by atoms with van der Waals surface area (Å²) in [5.74, 6) is -0.270.